The predicted octanol–water partition coefficient (Wildman–Crippen LogP) is 2.92. The molecule has 0 aliphatic carbocycles. The molecule has 0 saturated carbocycles. The van der Waals surface area contributed by atoms with E-state index in [1.54, 1.807) is 6.20 Å². The van der Waals surface area contributed by atoms with Crippen LogP contribution in [-0.2, 0) is 34.1 Å². The van der Waals surface area contributed by atoms with E-state index in [-0.39, 0.29) is 11.3 Å². The minimum atomic E-state index is -3.36. The normalized spacial score (nSPS) is 17.9. The highest BCUT2D eigenvalue weighted by Crippen LogP contribution is 2.17. The molecule has 0 spiro atoms. The number of benzene rings is 1. The molecular formula is C21H31N3O3S. The first-order chi connectivity index (χ1) is 13.4. The van der Waals surface area contributed by atoms with Crippen molar-refractivity contribution in [3.8, 4) is 0 Å². The molecule has 1 saturated heterocycles. The van der Waals surface area contributed by atoms with Gasteiger partial charge in [0.1, 0.15) is 0 Å². The third-order valence-corrected chi connectivity index (χ3v) is 6.13. The fourth-order valence-corrected chi connectivity index (χ4v) is 4.63. The van der Waals surface area contributed by atoms with Gasteiger partial charge in [-0.1, -0.05) is 30.3 Å². The van der Waals surface area contributed by atoms with Crippen LogP contribution in [0.3, 0.4) is 0 Å². The monoisotopic (exact) mass is 405 g/mol. The number of imidazole rings is 1. The van der Waals surface area contributed by atoms with Crippen LogP contribution in [-0.4, -0.2) is 55.4 Å². The Labute approximate surface area is 168 Å². The molecule has 1 aromatic heterocycles. The molecule has 1 aromatic carbocycles. The van der Waals surface area contributed by atoms with Crippen LogP contribution in [0.2, 0.25) is 0 Å². The standard InChI is InChI=1S/C21H31N3O3S/c1-23(17-20-12-6-7-14-27-20)16-19-15-22-21(28(2,25)26)24(19)13-8-11-18-9-4-3-5-10-18/h3-5,9-10,15,20H,6-8,11-14,16-17H2,1-2H3. The summed E-state index contributed by atoms with van der Waals surface area (Å²) < 4.78 is 32.1. The second-order valence-corrected chi connectivity index (χ2v) is 9.64. The lowest BCUT2D eigenvalue weighted by atomic mass is 10.1. The van der Waals surface area contributed by atoms with E-state index >= 15 is 0 Å². The summed E-state index contributed by atoms with van der Waals surface area (Å²) in [4.78, 5) is 6.43. The van der Waals surface area contributed by atoms with E-state index in [0.717, 1.165) is 44.5 Å². The van der Waals surface area contributed by atoms with Crippen LogP contribution in [0.4, 0.5) is 0 Å². The van der Waals surface area contributed by atoms with Gasteiger partial charge in [-0.3, -0.25) is 4.90 Å². The Morgan fingerprint density at radius 2 is 2.04 bits per heavy atom. The van der Waals surface area contributed by atoms with Crippen molar-refractivity contribution >= 4 is 9.84 Å². The fourth-order valence-electron chi connectivity index (χ4n) is 3.78. The molecule has 2 heterocycles. The Morgan fingerprint density at radius 3 is 2.71 bits per heavy atom. The number of aromatic nitrogens is 2. The van der Waals surface area contributed by atoms with Gasteiger partial charge < -0.3 is 9.30 Å². The minimum Gasteiger partial charge on any atom is -0.377 e. The summed E-state index contributed by atoms with van der Waals surface area (Å²) in [5, 5.41) is 0.165. The zero-order chi connectivity index (χ0) is 20.0. The Morgan fingerprint density at radius 1 is 1.25 bits per heavy atom. The lowest BCUT2D eigenvalue weighted by Gasteiger charge is -2.27. The molecule has 1 aliphatic rings. The van der Waals surface area contributed by atoms with Crippen LogP contribution in [0.1, 0.15) is 36.9 Å². The largest absolute Gasteiger partial charge is 0.377 e. The van der Waals surface area contributed by atoms with Crippen molar-refractivity contribution in [3.63, 3.8) is 0 Å². The maximum Gasteiger partial charge on any atom is 0.227 e. The van der Waals surface area contributed by atoms with Crippen molar-refractivity contribution in [2.75, 3.05) is 26.5 Å². The summed E-state index contributed by atoms with van der Waals surface area (Å²) in [6.45, 7) is 2.99. The maximum atomic E-state index is 12.2. The molecule has 0 amide bonds. The number of rotatable bonds is 9. The summed E-state index contributed by atoms with van der Waals surface area (Å²) in [6, 6.07) is 10.3. The average Bonchev–Trinajstić information content (AvgIpc) is 3.06. The molecule has 0 N–H and O–H groups in total. The molecule has 3 rings (SSSR count). The molecule has 2 aromatic rings. The highest BCUT2D eigenvalue weighted by molar-refractivity contribution is 7.90. The van der Waals surface area contributed by atoms with Crippen molar-refractivity contribution in [2.45, 2.75) is 56.5 Å². The molecular weight excluding hydrogens is 374 g/mol. The van der Waals surface area contributed by atoms with Gasteiger partial charge >= 0.3 is 0 Å². The third-order valence-electron chi connectivity index (χ3n) is 5.14. The third kappa shape index (κ3) is 5.90. The van der Waals surface area contributed by atoms with E-state index in [1.165, 1.54) is 18.2 Å². The zero-order valence-corrected chi connectivity index (χ0v) is 17.7. The number of sulfone groups is 1. The molecule has 1 unspecified atom stereocenters. The van der Waals surface area contributed by atoms with Gasteiger partial charge in [-0.2, -0.15) is 0 Å². The predicted molar refractivity (Wildman–Crippen MR) is 110 cm³/mol. The smallest absolute Gasteiger partial charge is 0.227 e. The van der Waals surface area contributed by atoms with Crippen LogP contribution in [0, 0.1) is 0 Å². The minimum absolute atomic E-state index is 0.165. The van der Waals surface area contributed by atoms with Crippen molar-refractivity contribution < 1.29 is 13.2 Å². The van der Waals surface area contributed by atoms with Crippen LogP contribution in [0.25, 0.3) is 0 Å². The van der Waals surface area contributed by atoms with Crippen molar-refractivity contribution in [1.29, 1.82) is 0 Å². The van der Waals surface area contributed by atoms with E-state index in [2.05, 4.69) is 29.1 Å². The van der Waals surface area contributed by atoms with Crippen LogP contribution < -0.4 is 0 Å². The van der Waals surface area contributed by atoms with Crippen molar-refractivity contribution in [1.82, 2.24) is 14.5 Å². The van der Waals surface area contributed by atoms with Gasteiger partial charge in [0.2, 0.25) is 15.0 Å². The number of ether oxygens (including phenoxy) is 1. The topological polar surface area (TPSA) is 64.4 Å². The Bertz CT molecular complexity index is 843. The molecule has 0 radical (unpaired) electrons. The highest BCUT2D eigenvalue weighted by atomic mass is 32.2. The fraction of sp³-hybridized carbons (Fsp3) is 0.571. The van der Waals surface area contributed by atoms with Gasteiger partial charge in [0.15, 0.2) is 0 Å². The first-order valence-electron chi connectivity index (χ1n) is 10.0. The van der Waals surface area contributed by atoms with Crippen LogP contribution in [0.15, 0.2) is 41.7 Å². The van der Waals surface area contributed by atoms with Crippen molar-refractivity contribution in [2.24, 2.45) is 0 Å². The first-order valence-corrected chi connectivity index (χ1v) is 11.9. The Hall–Kier alpha value is -1.70. The summed E-state index contributed by atoms with van der Waals surface area (Å²) in [7, 11) is -1.31. The lowest BCUT2D eigenvalue weighted by molar-refractivity contribution is -0.00291. The molecule has 28 heavy (non-hydrogen) atoms. The molecule has 154 valence electrons. The molecule has 1 fully saturated rings. The number of hydrogen-bond donors (Lipinski definition) is 0. The Balaban J connectivity index is 1.66. The molecule has 0 bridgehead atoms. The van der Waals surface area contributed by atoms with Gasteiger partial charge in [0.05, 0.1) is 18.0 Å². The number of nitrogens with zero attached hydrogens (tertiary/aromatic N) is 3. The summed E-state index contributed by atoms with van der Waals surface area (Å²) >= 11 is 0. The number of likely N-dealkylation sites (N-methyl/N-ethyl adjacent to an activating group) is 1. The SMILES string of the molecule is CN(Cc1cnc(S(C)(=O)=O)n1CCCc1ccccc1)CC1CCCCO1. The zero-order valence-electron chi connectivity index (χ0n) is 16.9. The van der Waals surface area contributed by atoms with Gasteiger partial charge in [-0.25, -0.2) is 13.4 Å². The second kappa shape index (κ2) is 9.67. The van der Waals surface area contributed by atoms with Crippen molar-refractivity contribution in [3.05, 3.63) is 47.8 Å². The summed E-state index contributed by atoms with van der Waals surface area (Å²) in [5.41, 5.74) is 2.20. The van der Waals surface area contributed by atoms with Gasteiger partial charge in [0, 0.05) is 32.5 Å². The van der Waals surface area contributed by atoms with Crippen LogP contribution >= 0.6 is 0 Å². The average molecular weight is 406 g/mol. The number of aryl methyl sites for hydroxylation is 1. The molecule has 7 heteroatoms. The highest BCUT2D eigenvalue weighted by Gasteiger charge is 2.21. The quantitative estimate of drug-likeness (QED) is 0.642. The van der Waals surface area contributed by atoms with Gasteiger partial charge in [-0.05, 0) is 44.7 Å². The maximum absolute atomic E-state index is 12.2. The molecule has 1 atom stereocenters. The van der Waals surface area contributed by atoms with E-state index < -0.39 is 9.84 Å². The lowest BCUT2D eigenvalue weighted by Crippen LogP contribution is -2.33. The summed E-state index contributed by atoms with van der Waals surface area (Å²) in [5.74, 6) is 0. The van der Waals surface area contributed by atoms with E-state index in [4.69, 9.17) is 4.74 Å². The van der Waals surface area contributed by atoms with E-state index in [0.29, 0.717) is 13.1 Å². The molecule has 1 aliphatic heterocycles. The van der Waals surface area contributed by atoms with Gasteiger partial charge in [0.25, 0.3) is 0 Å². The van der Waals surface area contributed by atoms with E-state index in [1.807, 2.05) is 22.8 Å². The van der Waals surface area contributed by atoms with E-state index in [9.17, 15) is 8.42 Å². The molecule has 6 nitrogen and oxygen atoms in total. The number of hydrogen-bond acceptors (Lipinski definition) is 5. The second-order valence-electron chi connectivity index (χ2n) is 7.73. The van der Waals surface area contributed by atoms with Crippen LogP contribution in [0.5, 0.6) is 0 Å². The van der Waals surface area contributed by atoms with Gasteiger partial charge in [-0.15, -0.1) is 0 Å². The first kappa shape index (κ1) is 21.0. The Kier molecular flexibility index (Phi) is 7.26. The summed E-state index contributed by atoms with van der Waals surface area (Å²) in [6.07, 6.45) is 8.43.